The minimum atomic E-state index is -0.689. The van der Waals surface area contributed by atoms with Gasteiger partial charge in [-0.25, -0.2) is 4.79 Å². The van der Waals surface area contributed by atoms with Crippen LogP contribution in [0.2, 0.25) is 5.02 Å². The molecule has 0 saturated carbocycles. The fraction of sp³-hybridized carbons (Fsp3) is 0.273. The summed E-state index contributed by atoms with van der Waals surface area (Å²) in [6.07, 6.45) is 0. The largest absolute Gasteiger partial charge is 0.465 e. The highest BCUT2D eigenvalue weighted by Gasteiger charge is 2.18. The van der Waals surface area contributed by atoms with E-state index >= 15 is 0 Å². The summed E-state index contributed by atoms with van der Waals surface area (Å²) in [5.41, 5.74) is 0.500. The maximum atomic E-state index is 11.7. The lowest BCUT2D eigenvalue weighted by Gasteiger charge is -2.07. The Morgan fingerprint density at radius 2 is 2.00 bits per heavy atom. The lowest BCUT2D eigenvalue weighted by atomic mass is 10.1. The molecular formula is C11H10Cl2O3. The maximum Gasteiger partial charge on any atom is 0.337 e. The highest BCUT2D eigenvalue weighted by atomic mass is 35.5. The van der Waals surface area contributed by atoms with Gasteiger partial charge in [-0.1, -0.05) is 11.6 Å². The van der Waals surface area contributed by atoms with Gasteiger partial charge in [0.25, 0.3) is 0 Å². The summed E-state index contributed by atoms with van der Waals surface area (Å²) in [5, 5.41) is -0.421. The van der Waals surface area contributed by atoms with Crippen molar-refractivity contribution < 1.29 is 14.3 Å². The normalized spacial score (nSPS) is 12.0. The van der Waals surface area contributed by atoms with Crippen LogP contribution in [0.4, 0.5) is 0 Å². The molecule has 0 aliphatic heterocycles. The lowest BCUT2D eigenvalue weighted by Crippen LogP contribution is -2.12. The fourth-order valence-electron chi connectivity index (χ4n) is 1.17. The van der Waals surface area contributed by atoms with Crippen molar-refractivity contribution in [2.24, 2.45) is 0 Å². The average Bonchev–Trinajstić information content (AvgIpc) is 2.27. The number of hydrogen-bond acceptors (Lipinski definition) is 3. The Bertz CT molecular complexity index is 427. The number of halogens is 2. The average molecular weight is 261 g/mol. The second kappa shape index (κ2) is 5.32. The second-order valence-electron chi connectivity index (χ2n) is 3.17. The third-order valence-electron chi connectivity index (χ3n) is 2.01. The Morgan fingerprint density at radius 1 is 1.38 bits per heavy atom. The van der Waals surface area contributed by atoms with Gasteiger partial charge in [0.2, 0.25) is 0 Å². The molecule has 16 heavy (non-hydrogen) atoms. The van der Waals surface area contributed by atoms with Crippen LogP contribution in [0.5, 0.6) is 0 Å². The highest BCUT2D eigenvalue weighted by molar-refractivity contribution is 6.38. The minimum Gasteiger partial charge on any atom is -0.465 e. The van der Waals surface area contributed by atoms with Crippen molar-refractivity contribution >= 4 is 35.0 Å². The molecule has 0 radical (unpaired) electrons. The van der Waals surface area contributed by atoms with Crippen LogP contribution in [0, 0.1) is 0 Å². The SMILES string of the molecule is COC(=O)c1ccc(Cl)c(C(=O)C(C)Cl)c1. The molecule has 3 nitrogen and oxygen atoms in total. The molecule has 0 amide bonds. The van der Waals surface area contributed by atoms with Crippen LogP contribution in [0.3, 0.4) is 0 Å². The number of rotatable bonds is 3. The van der Waals surface area contributed by atoms with Crippen LogP contribution >= 0.6 is 23.2 Å². The van der Waals surface area contributed by atoms with Crippen LogP contribution in [0.15, 0.2) is 18.2 Å². The first-order valence-electron chi connectivity index (χ1n) is 4.53. The summed E-state index contributed by atoms with van der Waals surface area (Å²) in [6, 6.07) is 4.35. The third-order valence-corrected chi connectivity index (χ3v) is 2.54. The smallest absolute Gasteiger partial charge is 0.337 e. The van der Waals surface area contributed by atoms with Crippen LogP contribution in [0.25, 0.3) is 0 Å². The van der Waals surface area contributed by atoms with Gasteiger partial charge in [-0.2, -0.15) is 0 Å². The van der Waals surface area contributed by atoms with Crippen molar-refractivity contribution in [2.45, 2.75) is 12.3 Å². The van der Waals surface area contributed by atoms with E-state index in [1.165, 1.54) is 25.3 Å². The number of ketones is 1. The molecule has 0 fully saturated rings. The molecule has 0 aromatic heterocycles. The summed E-state index contributed by atoms with van der Waals surface area (Å²) in [6.45, 7) is 1.55. The van der Waals surface area contributed by atoms with Gasteiger partial charge < -0.3 is 4.74 Å². The van der Waals surface area contributed by atoms with E-state index in [0.717, 1.165) is 0 Å². The number of alkyl halides is 1. The van der Waals surface area contributed by atoms with Crippen LogP contribution < -0.4 is 0 Å². The molecule has 0 heterocycles. The van der Waals surface area contributed by atoms with E-state index in [2.05, 4.69) is 4.74 Å². The fourth-order valence-corrected chi connectivity index (χ4v) is 1.50. The molecule has 1 atom stereocenters. The zero-order chi connectivity index (χ0) is 12.3. The second-order valence-corrected chi connectivity index (χ2v) is 4.23. The minimum absolute atomic E-state index is 0.229. The van der Waals surface area contributed by atoms with Crippen molar-refractivity contribution in [2.75, 3.05) is 7.11 Å². The molecule has 1 aromatic rings. The first-order valence-corrected chi connectivity index (χ1v) is 5.35. The third kappa shape index (κ3) is 2.74. The Hall–Kier alpha value is -1.06. The molecular weight excluding hydrogens is 251 g/mol. The van der Waals surface area contributed by atoms with Crippen LogP contribution in [-0.4, -0.2) is 24.2 Å². The van der Waals surface area contributed by atoms with Gasteiger partial charge in [-0.15, -0.1) is 11.6 Å². The van der Waals surface area contributed by atoms with E-state index in [9.17, 15) is 9.59 Å². The Balaban J connectivity index is 3.18. The monoisotopic (exact) mass is 260 g/mol. The van der Waals surface area contributed by atoms with E-state index < -0.39 is 11.3 Å². The van der Waals surface area contributed by atoms with Gasteiger partial charge in [0, 0.05) is 5.56 Å². The topological polar surface area (TPSA) is 43.4 Å². The first-order chi connectivity index (χ1) is 7.47. The Kier molecular flexibility index (Phi) is 4.33. The maximum absolute atomic E-state index is 11.7. The number of benzene rings is 1. The van der Waals surface area contributed by atoms with E-state index in [0.29, 0.717) is 0 Å². The van der Waals surface area contributed by atoms with E-state index in [-0.39, 0.29) is 21.9 Å². The Morgan fingerprint density at radius 3 is 2.50 bits per heavy atom. The van der Waals surface area contributed by atoms with E-state index in [1.807, 2.05) is 0 Å². The number of ether oxygens (including phenoxy) is 1. The van der Waals surface area contributed by atoms with Crippen molar-refractivity contribution in [3.8, 4) is 0 Å². The van der Waals surface area contributed by atoms with Gasteiger partial charge in [0.15, 0.2) is 5.78 Å². The standard InChI is InChI=1S/C11H10Cl2O3/c1-6(12)10(14)8-5-7(11(15)16-2)3-4-9(8)13/h3-6H,1-2H3. The van der Waals surface area contributed by atoms with Crippen molar-refractivity contribution in [1.29, 1.82) is 0 Å². The van der Waals surface area contributed by atoms with Gasteiger partial charge in [0.05, 0.1) is 23.1 Å². The quantitative estimate of drug-likeness (QED) is 0.477. The number of methoxy groups -OCH3 is 1. The number of esters is 1. The summed E-state index contributed by atoms with van der Waals surface area (Å²) in [7, 11) is 1.27. The molecule has 0 bridgehead atoms. The van der Waals surface area contributed by atoms with Crippen LogP contribution in [0.1, 0.15) is 27.6 Å². The summed E-state index contributed by atoms with van der Waals surface area (Å²) in [5.74, 6) is -0.842. The summed E-state index contributed by atoms with van der Waals surface area (Å²) < 4.78 is 4.55. The molecule has 1 rings (SSSR count). The molecule has 0 aliphatic rings. The molecule has 86 valence electrons. The van der Waals surface area contributed by atoms with Gasteiger partial charge in [0.1, 0.15) is 0 Å². The zero-order valence-corrected chi connectivity index (χ0v) is 10.3. The summed E-state index contributed by atoms with van der Waals surface area (Å²) in [4.78, 5) is 22.9. The highest BCUT2D eigenvalue weighted by Crippen LogP contribution is 2.21. The number of Topliss-reactive ketones (excluding diaryl/α,β-unsaturated/α-hetero) is 1. The zero-order valence-electron chi connectivity index (χ0n) is 8.79. The molecule has 5 heteroatoms. The number of carbonyl (C=O) groups is 2. The molecule has 0 aliphatic carbocycles. The predicted octanol–water partition coefficient (Wildman–Crippen LogP) is 2.94. The van der Waals surface area contributed by atoms with Gasteiger partial charge >= 0.3 is 5.97 Å². The van der Waals surface area contributed by atoms with Crippen LogP contribution in [-0.2, 0) is 4.74 Å². The lowest BCUT2D eigenvalue weighted by molar-refractivity contribution is 0.0600. The summed E-state index contributed by atoms with van der Waals surface area (Å²) >= 11 is 11.5. The van der Waals surface area contributed by atoms with E-state index in [1.54, 1.807) is 6.92 Å². The van der Waals surface area contributed by atoms with Gasteiger partial charge in [-0.3, -0.25) is 4.79 Å². The first kappa shape index (κ1) is 13.0. The number of hydrogen-bond donors (Lipinski definition) is 0. The number of carbonyl (C=O) groups excluding carboxylic acids is 2. The van der Waals surface area contributed by atoms with Crippen molar-refractivity contribution in [3.63, 3.8) is 0 Å². The predicted molar refractivity (Wildman–Crippen MR) is 62.4 cm³/mol. The molecule has 1 unspecified atom stereocenters. The van der Waals surface area contributed by atoms with Gasteiger partial charge in [-0.05, 0) is 25.1 Å². The van der Waals surface area contributed by atoms with Crippen molar-refractivity contribution in [1.82, 2.24) is 0 Å². The van der Waals surface area contributed by atoms with Crippen molar-refractivity contribution in [3.05, 3.63) is 34.3 Å². The molecule has 0 spiro atoms. The molecule has 1 aromatic carbocycles. The molecule has 0 N–H and O–H groups in total. The molecule has 0 saturated heterocycles. The Labute approximate surface area is 103 Å². The van der Waals surface area contributed by atoms with E-state index in [4.69, 9.17) is 23.2 Å².